The topological polar surface area (TPSA) is 139 Å². The van der Waals surface area contributed by atoms with Crippen LogP contribution in [0.2, 0.25) is 0 Å². The first-order valence-corrected chi connectivity index (χ1v) is 10.1. The third-order valence-corrected chi connectivity index (χ3v) is 4.74. The van der Waals surface area contributed by atoms with E-state index < -0.39 is 30.0 Å². The molecule has 2 aromatic carbocycles. The number of rotatable bonds is 10. The van der Waals surface area contributed by atoms with Crippen molar-refractivity contribution in [1.29, 1.82) is 0 Å². The SMILES string of the molecule is NC(=O)[C@H](Cc1ccccc1)NC(=O)[C@H](Cc1cnc[nH]1)NC(=O)OCc1ccccc1. The number of ether oxygens (including phenoxy) is 1. The van der Waals surface area contributed by atoms with Gasteiger partial charge in [-0.25, -0.2) is 9.78 Å². The minimum absolute atomic E-state index is 0.0585. The molecule has 5 N–H and O–H groups in total. The fourth-order valence-corrected chi connectivity index (χ4v) is 3.08. The predicted octanol–water partition coefficient (Wildman–Crippen LogP) is 1.46. The number of amides is 3. The van der Waals surface area contributed by atoms with E-state index in [4.69, 9.17) is 10.5 Å². The normalized spacial score (nSPS) is 12.4. The Bertz CT molecular complexity index is 1010. The van der Waals surface area contributed by atoms with E-state index in [1.54, 1.807) is 6.20 Å². The van der Waals surface area contributed by atoms with Crippen LogP contribution in [0.15, 0.2) is 73.2 Å². The van der Waals surface area contributed by atoms with Crippen molar-refractivity contribution >= 4 is 17.9 Å². The van der Waals surface area contributed by atoms with Crippen LogP contribution in [0.3, 0.4) is 0 Å². The van der Waals surface area contributed by atoms with Gasteiger partial charge in [0.15, 0.2) is 0 Å². The summed E-state index contributed by atoms with van der Waals surface area (Å²) in [6.07, 6.45) is 2.62. The number of nitrogens with zero attached hydrogens (tertiary/aromatic N) is 1. The quantitative estimate of drug-likeness (QED) is 0.382. The second-order valence-corrected chi connectivity index (χ2v) is 7.19. The lowest BCUT2D eigenvalue weighted by molar-refractivity contribution is -0.128. The van der Waals surface area contributed by atoms with Gasteiger partial charge in [0.05, 0.1) is 6.33 Å². The molecule has 166 valence electrons. The van der Waals surface area contributed by atoms with E-state index in [0.717, 1.165) is 11.1 Å². The Balaban J connectivity index is 1.65. The highest BCUT2D eigenvalue weighted by molar-refractivity contribution is 5.91. The maximum absolute atomic E-state index is 13.0. The first-order chi connectivity index (χ1) is 15.5. The van der Waals surface area contributed by atoms with Crippen LogP contribution in [0.1, 0.15) is 16.8 Å². The lowest BCUT2D eigenvalue weighted by Crippen LogP contribution is -2.54. The Morgan fingerprint density at radius 1 is 0.906 bits per heavy atom. The van der Waals surface area contributed by atoms with Gasteiger partial charge in [0, 0.05) is 24.7 Å². The van der Waals surface area contributed by atoms with E-state index in [-0.39, 0.29) is 19.4 Å². The molecule has 1 heterocycles. The third kappa shape index (κ3) is 6.98. The number of aromatic amines is 1. The van der Waals surface area contributed by atoms with Crippen LogP contribution in [0, 0.1) is 0 Å². The molecular weight excluding hydrogens is 410 g/mol. The number of nitrogens with one attached hydrogen (secondary N) is 3. The van der Waals surface area contributed by atoms with Crippen LogP contribution in [0.25, 0.3) is 0 Å². The average molecular weight is 435 g/mol. The van der Waals surface area contributed by atoms with E-state index >= 15 is 0 Å². The van der Waals surface area contributed by atoms with Crippen LogP contribution < -0.4 is 16.4 Å². The number of aromatic nitrogens is 2. The minimum atomic E-state index is -1.00. The highest BCUT2D eigenvalue weighted by atomic mass is 16.5. The molecule has 0 aliphatic rings. The molecule has 0 saturated heterocycles. The summed E-state index contributed by atoms with van der Waals surface area (Å²) in [7, 11) is 0. The fraction of sp³-hybridized carbons (Fsp3) is 0.217. The molecule has 0 fully saturated rings. The molecule has 2 atom stereocenters. The van der Waals surface area contributed by atoms with Crippen LogP contribution in [0.4, 0.5) is 4.79 Å². The zero-order valence-electron chi connectivity index (χ0n) is 17.4. The fourth-order valence-electron chi connectivity index (χ4n) is 3.08. The largest absolute Gasteiger partial charge is 0.445 e. The zero-order valence-corrected chi connectivity index (χ0v) is 17.4. The van der Waals surface area contributed by atoms with E-state index in [1.807, 2.05) is 60.7 Å². The molecule has 0 radical (unpaired) electrons. The van der Waals surface area contributed by atoms with Crippen LogP contribution in [0.5, 0.6) is 0 Å². The molecule has 3 aromatic rings. The van der Waals surface area contributed by atoms with Crippen molar-refractivity contribution in [2.24, 2.45) is 5.73 Å². The standard InChI is InChI=1S/C23H25N5O4/c24-21(29)19(11-16-7-3-1-4-8-16)27-22(30)20(12-18-13-25-15-26-18)28-23(31)32-14-17-9-5-2-6-10-17/h1-10,13,15,19-20H,11-12,14H2,(H2,24,29)(H,25,26)(H,27,30)(H,28,31)/t19-,20-/m0/s1. The number of hydrogen-bond acceptors (Lipinski definition) is 5. The van der Waals surface area contributed by atoms with Gasteiger partial charge in [-0.15, -0.1) is 0 Å². The number of benzene rings is 2. The number of imidazole rings is 1. The maximum atomic E-state index is 13.0. The van der Waals surface area contributed by atoms with Crippen molar-refractivity contribution < 1.29 is 19.1 Å². The molecule has 0 unspecified atom stereocenters. The Morgan fingerprint density at radius 3 is 2.16 bits per heavy atom. The Kier molecular flexibility index (Phi) is 7.96. The predicted molar refractivity (Wildman–Crippen MR) is 117 cm³/mol. The molecule has 0 spiro atoms. The smallest absolute Gasteiger partial charge is 0.408 e. The number of hydrogen-bond donors (Lipinski definition) is 4. The number of nitrogens with two attached hydrogens (primary N) is 1. The van der Waals surface area contributed by atoms with Crippen molar-refractivity contribution in [1.82, 2.24) is 20.6 Å². The van der Waals surface area contributed by atoms with Gasteiger partial charge in [0.2, 0.25) is 11.8 Å². The summed E-state index contributed by atoms with van der Waals surface area (Å²) in [5, 5.41) is 5.20. The third-order valence-electron chi connectivity index (χ3n) is 4.74. The van der Waals surface area contributed by atoms with Crippen molar-refractivity contribution in [2.75, 3.05) is 0 Å². The molecule has 0 aliphatic heterocycles. The first kappa shape index (κ1) is 22.5. The van der Waals surface area contributed by atoms with E-state index in [9.17, 15) is 14.4 Å². The van der Waals surface area contributed by atoms with Gasteiger partial charge in [0.25, 0.3) is 0 Å². The molecule has 32 heavy (non-hydrogen) atoms. The van der Waals surface area contributed by atoms with Crippen LogP contribution >= 0.6 is 0 Å². The average Bonchev–Trinajstić information content (AvgIpc) is 3.31. The van der Waals surface area contributed by atoms with Gasteiger partial charge in [-0.3, -0.25) is 9.59 Å². The summed E-state index contributed by atoms with van der Waals surface area (Å²) in [4.78, 5) is 44.1. The number of H-pyrrole nitrogens is 1. The summed E-state index contributed by atoms with van der Waals surface area (Å²) in [6, 6.07) is 16.4. The van der Waals surface area contributed by atoms with E-state index in [1.165, 1.54) is 6.33 Å². The van der Waals surface area contributed by atoms with Gasteiger partial charge in [-0.1, -0.05) is 60.7 Å². The molecular formula is C23H25N5O4. The van der Waals surface area contributed by atoms with Gasteiger partial charge < -0.3 is 26.1 Å². The van der Waals surface area contributed by atoms with E-state index in [2.05, 4.69) is 20.6 Å². The minimum Gasteiger partial charge on any atom is -0.445 e. The number of primary amides is 1. The summed E-state index contributed by atoms with van der Waals surface area (Å²) < 4.78 is 5.23. The number of alkyl carbamates (subject to hydrolysis) is 1. The molecule has 3 rings (SSSR count). The Hall–Kier alpha value is -4.14. The summed E-state index contributed by atoms with van der Waals surface area (Å²) in [5.74, 6) is -1.23. The molecule has 0 bridgehead atoms. The lowest BCUT2D eigenvalue weighted by atomic mass is 10.0. The molecule has 0 aliphatic carbocycles. The monoisotopic (exact) mass is 435 g/mol. The van der Waals surface area contributed by atoms with Gasteiger partial charge >= 0.3 is 6.09 Å². The molecule has 9 heteroatoms. The highest BCUT2D eigenvalue weighted by Crippen LogP contribution is 2.06. The second-order valence-electron chi connectivity index (χ2n) is 7.19. The Morgan fingerprint density at radius 2 is 1.56 bits per heavy atom. The number of carbonyl (C=O) groups excluding carboxylic acids is 3. The van der Waals surface area contributed by atoms with Crippen LogP contribution in [-0.2, 0) is 33.8 Å². The summed E-state index contributed by atoms with van der Waals surface area (Å²) >= 11 is 0. The lowest BCUT2D eigenvalue weighted by Gasteiger charge is -2.21. The molecule has 1 aromatic heterocycles. The summed E-state index contributed by atoms with van der Waals surface area (Å²) in [5.41, 5.74) is 7.79. The zero-order chi connectivity index (χ0) is 22.8. The molecule has 9 nitrogen and oxygen atoms in total. The second kappa shape index (κ2) is 11.3. The van der Waals surface area contributed by atoms with Crippen molar-refractivity contribution in [3.05, 3.63) is 90.0 Å². The van der Waals surface area contributed by atoms with Crippen molar-refractivity contribution in [3.63, 3.8) is 0 Å². The van der Waals surface area contributed by atoms with Gasteiger partial charge in [-0.2, -0.15) is 0 Å². The maximum Gasteiger partial charge on any atom is 0.408 e. The first-order valence-electron chi connectivity index (χ1n) is 10.1. The van der Waals surface area contributed by atoms with Crippen molar-refractivity contribution in [2.45, 2.75) is 31.5 Å². The summed E-state index contributed by atoms with van der Waals surface area (Å²) in [6.45, 7) is 0.0585. The van der Waals surface area contributed by atoms with Gasteiger partial charge in [-0.05, 0) is 11.1 Å². The molecule has 3 amide bonds. The van der Waals surface area contributed by atoms with Crippen molar-refractivity contribution in [3.8, 4) is 0 Å². The molecule has 0 saturated carbocycles. The number of carbonyl (C=O) groups is 3. The van der Waals surface area contributed by atoms with Gasteiger partial charge in [0.1, 0.15) is 18.7 Å². The highest BCUT2D eigenvalue weighted by Gasteiger charge is 2.27. The van der Waals surface area contributed by atoms with Crippen LogP contribution in [-0.4, -0.2) is 40.0 Å². The Labute approximate surface area is 185 Å². The van der Waals surface area contributed by atoms with E-state index in [0.29, 0.717) is 5.69 Å².